The highest BCUT2D eigenvalue weighted by molar-refractivity contribution is 5.80. The number of nitrogens with one attached hydrogen (secondary N) is 1. The van der Waals surface area contributed by atoms with E-state index in [1.165, 1.54) is 51.4 Å². The Hall–Kier alpha value is -1.06. The molecule has 4 aliphatic carbocycles. The summed E-state index contributed by atoms with van der Waals surface area (Å²) in [5, 5.41) is 3.45. The van der Waals surface area contributed by atoms with E-state index in [1.54, 1.807) is 0 Å². The normalized spacial score (nSPS) is 47.5. The predicted octanol–water partition coefficient (Wildman–Crippen LogP) is 5.00. The minimum absolute atomic E-state index is 0.00638. The van der Waals surface area contributed by atoms with Crippen LogP contribution in [-0.4, -0.2) is 24.0 Å². The van der Waals surface area contributed by atoms with Gasteiger partial charge in [-0.05, 0) is 81.0 Å². The molecule has 3 unspecified atom stereocenters. The minimum atomic E-state index is 0.00638. The summed E-state index contributed by atoms with van der Waals surface area (Å²) in [5.41, 5.74) is 0.315. The molecule has 1 heterocycles. The van der Waals surface area contributed by atoms with Crippen LogP contribution in [0.3, 0.4) is 0 Å². The third-order valence-electron chi connectivity index (χ3n) is 10.2. The first kappa shape index (κ1) is 19.9. The molecule has 0 radical (unpaired) electrons. The summed E-state index contributed by atoms with van der Waals surface area (Å²) in [4.78, 5) is 25.2. The summed E-state index contributed by atoms with van der Waals surface area (Å²) in [7, 11) is 0. The van der Waals surface area contributed by atoms with E-state index < -0.39 is 0 Å². The minimum Gasteiger partial charge on any atom is -0.462 e. The largest absolute Gasteiger partial charge is 0.462 e. The molecule has 1 N–H and O–H groups in total. The number of hydrogen-bond acceptors (Lipinski definition) is 3. The molecular formula is C25H39NO3. The second-order valence-corrected chi connectivity index (χ2v) is 11.5. The lowest BCUT2D eigenvalue weighted by molar-refractivity contribution is -0.192. The second kappa shape index (κ2) is 7.27. The summed E-state index contributed by atoms with van der Waals surface area (Å²) in [5.74, 6) is 2.59. The molecule has 4 heteroatoms. The van der Waals surface area contributed by atoms with Crippen LogP contribution in [0.2, 0.25) is 0 Å². The zero-order valence-corrected chi connectivity index (χ0v) is 18.4. The zero-order chi connectivity index (χ0) is 20.2. The van der Waals surface area contributed by atoms with E-state index in [2.05, 4.69) is 19.2 Å². The van der Waals surface area contributed by atoms with Crippen molar-refractivity contribution in [3.63, 3.8) is 0 Å². The molecule has 4 saturated carbocycles. The van der Waals surface area contributed by atoms with Crippen LogP contribution in [-0.2, 0) is 14.3 Å². The van der Waals surface area contributed by atoms with Crippen molar-refractivity contribution in [1.82, 2.24) is 5.32 Å². The van der Waals surface area contributed by atoms with E-state index in [0.717, 1.165) is 25.7 Å². The number of ether oxygens (including phenoxy) is 1. The Morgan fingerprint density at radius 2 is 1.66 bits per heavy atom. The monoisotopic (exact) mass is 401 g/mol. The van der Waals surface area contributed by atoms with Crippen molar-refractivity contribution in [2.45, 2.75) is 109 Å². The van der Waals surface area contributed by atoms with Gasteiger partial charge in [0.1, 0.15) is 6.10 Å². The van der Waals surface area contributed by atoms with E-state index >= 15 is 0 Å². The molecule has 0 aromatic heterocycles. The third kappa shape index (κ3) is 3.15. The number of carbonyl (C=O) groups is 2. The Kier molecular flexibility index (Phi) is 4.98. The Labute approximate surface area is 175 Å². The molecule has 1 aliphatic heterocycles. The van der Waals surface area contributed by atoms with Crippen LogP contribution in [0.4, 0.5) is 0 Å². The number of hydrogen-bond donors (Lipinski definition) is 1. The van der Waals surface area contributed by atoms with Crippen LogP contribution in [0.15, 0.2) is 0 Å². The van der Waals surface area contributed by atoms with E-state index in [4.69, 9.17) is 4.74 Å². The number of amides is 1. The van der Waals surface area contributed by atoms with Crippen molar-refractivity contribution in [1.29, 1.82) is 0 Å². The van der Waals surface area contributed by atoms with E-state index in [9.17, 15) is 9.59 Å². The highest BCUT2D eigenvalue weighted by Crippen LogP contribution is 2.66. The zero-order valence-electron chi connectivity index (χ0n) is 18.4. The van der Waals surface area contributed by atoms with Gasteiger partial charge < -0.3 is 10.1 Å². The molecule has 5 aliphatic rings. The maximum Gasteiger partial charge on any atom is 0.306 e. The molecule has 1 amide bonds. The molecule has 5 fully saturated rings. The maximum atomic E-state index is 13.3. The van der Waals surface area contributed by atoms with Crippen LogP contribution in [0, 0.1) is 34.5 Å². The molecule has 0 spiro atoms. The van der Waals surface area contributed by atoms with Crippen molar-refractivity contribution in [2.24, 2.45) is 34.5 Å². The molecule has 0 aromatic rings. The fourth-order valence-corrected chi connectivity index (χ4v) is 8.53. The molecule has 29 heavy (non-hydrogen) atoms. The lowest BCUT2D eigenvalue weighted by Crippen LogP contribution is -2.57. The Balaban J connectivity index is 1.31. The molecule has 0 aromatic carbocycles. The first-order valence-corrected chi connectivity index (χ1v) is 12.4. The summed E-state index contributed by atoms with van der Waals surface area (Å²) < 4.78 is 5.82. The highest BCUT2D eigenvalue weighted by atomic mass is 16.5. The molecule has 1 saturated heterocycles. The highest BCUT2D eigenvalue weighted by Gasteiger charge is 2.62. The van der Waals surface area contributed by atoms with Gasteiger partial charge >= 0.3 is 5.97 Å². The Morgan fingerprint density at radius 3 is 2.45 bits per heavy atom. The fourth-order valence-electron chi connectivity index (χ4n) is 8.53. The third-order valence-corrected chi connectivity index (χ3v) is 10.2. The van der Waals surface area contributed by atoms with Crippen LogP contribution in [0.5, 0.6) is 0 Å². The van der Waals surface area contributed by atoms with E-state index in [-0.39, 0.29) is 28.8 Å². The predicted molar refractivity (Wildman–Crippen MR) is 112 cm³/mol. The maximum absolute atomic E-state index is 13.3. The second-order valence-electron chi connectivity index (χ2n) is 11.5. The van der Waals surface area contributed by atoms with Gasteiger partial charge in [-0.15, -0.1) is 0 Å². The van der Waals surface area contributed by atoms with Gasteiger partial charge in [0.25, 0.3) is 0 Å². The number of carbonyl (C=O) groups excluding carboxylic acids is 2. The topological polar surface area (TPSA) is 55.4 Å². The Bertz CT molecular complexity index is 671. The van der Waals surface area contributed by atoms with Crippen LogP contribution in [0.25, 0.3) is 0 Å². The van der Waals surface area contributed by atoms with E-state index in [0.29, 0.717) is 36.1 Å². The van der Waals surface area contributed by atoms with Crippen molar-refractivity contribution in [3.8, 4) is 0 Å². The lowest BCUT2D eigenvalue weighted by atomic mass is 9.47. The average molecular weight is 402 g/mol. The quantitative estimate of drug-likeness (QED) is 0.663. The van der Waals surface area contributed by atoms with Gasteiger partial charge in [0, 0.05) is 23.8 Å². The molecule has 7 atom stereocenters. The molecule has 5 rings (SSSR count). The number of rotatable bonds is 2. The first-order valence-electron chi connectivity index (χ1n) is 12.4. The average Bonchev–Trinajstić information content (AvgIpc) is 3.06. The van der Waals surface area contributed by atoms with Gasteiger partial charge in [-0.1, -0.05) is 33.1 Å². The number of esters is 1. The van der Waals surface area contributed by atoms with Crippen molar-refractivity contribution >= 4 is 11.9 Å². The van der Waals surface area contributed by atoms with Crippen LogP contribution in [0.1, 0.15) is 97.3 Å². The smallest absolute Gasteiger partial charge is 0.306 e. The standard InChI is InChI=1S/C25H39NO3/c1-24-14-12-19-17(8-11-21-25(19,2)15-13-22(27)29-21)18(24)9-10-20(24)23(28)26-16-6-4-3-5-7-16/h16-21H,3-15H2,1-2H3,(H,26,28)/t17?,18?,19?,20-,21+,24+,25-/m1/s1. The van der Waals surface area contributed by atoms with Gasteiger partial charge in [0.2, 0.25) is 5.91 Å². The summed E-state index contributed by atoms with van der Waals surface area (Å²) in [6.45, 7) is 4.83. The van der Waals surface area contributed by atoms with Gasteiger partial charge in [-0.25, -0.2) is 0 Å². The SMILES string of the molecule is C[C@]12CCC3C(CC[C@@H]4OC(=O)CC[C@]34C)C1CC[C@@H]2C(=O)NC1CCCCC1. The molecule has 0 bridgehead atoms. The summed E-state index contributed by atoms with van der Waals surface area (Å²) in [6.07, 6.45) is 14.7. The van der Waals surface area contributed by atoms with Crippen molar-refractivity contribution < 1.29 is 14.3 Å². The van der Waals surface area contributed by atoms with Gasteiger partial charge in [-0.3, -0.25) is 9.59 Å². The van der Waals surface area contributed by atoms with Gasteiger partial charge in [0.15, 0.2) is 0 Å². The van der Waals surface area contributed by atoms with Crippen molar-refractivity contribution in [2.75, 3.05) is 0 Å². The Morgan fingerprint density at radius 1 is 0.897 bits per heavy atom. The van der Waals surface area contributed by atoms with Crippen LogP contribution >= 0.6 is 0 Å². The van der Waals surface area contributed by atoms with Gasteiger partial charge in [-0.2, -0.15) is 0 Å². The molecular weight excluding hydrogens is 362 g/mol. The summed E-state index contributed by atoms with van der Waals surface area (Å²) in [6, 6.07) is 0.418. The summed E-state index contributed by atoms with van der Waals surface area (Å²) >= 11 is 0. The van der Waals surface area contributed by atoms with Crippen LogP contribution < -0.4 is 5.32 Å². The fraction of sp³-hybridized carbons (Fsp3) is 0.920. The van der Waals surface area contributed by atoms with Crippen molar-refractivity contribution in [3.05, 3.63) is 0 Å². The molecule has 4 nitrogen and oxygen atoms in total. The first-order chi connectivity index (χ1) is 13.9. The van der Waals surface area contributed by atoms with E-state index in [1.807, 2.05) is 0 Å². The molecule has 162 valence electrons. The lowest BCUT2D eigenvalue weighted by Gasteiger charge is -2.59. The van der Waals surface area contributed by atoms with Gasteiger partial charge in [0.05, 0.1) is 0 Å². The number of fused-ring (bicyclic) bond motifs is 5.